The van der Waals surface area contributed by atoms with E-state index in [2.05, 4.69) is 34.5 Å². The molecule has 0 aliphatic carbocycles. The predicted octanol–water partition coefficient (Wildman–Crippen LogP) is 2.50. The van der Waals surface area contributed by atoms with E-state index in [9.17, 15) is 4.79 Å². The van der Waals surface area contributed by atoms with Gasteiger partial charge in [0.05, 0.1) is 5.69 Å². The lowest BCUT2D eigenvalue weighted by molar-refractivity contribution is 0.647. The fraction of sp³-hybridized carbons (Fsp3) is 0.375. The standard InChI is InChI=1S/C16H21N3O/c17-12-4-2-1-3-5-13-6-8-14(9-7-13)15-10-11-16(20)19-18-15/h6-11H,1-5,12,17H2,(H,19,20). The van der Waals surface area contributed by atoms with Crippen molar-refractivity contribution >= 4 is 0 Å². The van der Waals surface area contributed by atoms with Crippen LogP contribution in [-0.4, -0.2) is 16.7 Å². The van der Waals surface area contributed by atoms with Gasteiger partial charge in [-0.25, -0.2) is 5.10 Å². The third kappa shape index (κ3) is 4.31. The van der Waals surface area contributed by atoms with E-state index in [4.69, 9.17) is 5.73 Å². The smallest absolute Gasteiger partial charge is 0.264 e. The number of nitrogens with one attached hydrogen (secondary N) is 1. The van der Waals surface area contributed by atoms with Gasteiger partial charge in [0.15, 0.2) is 0 Å². The fourth-order valence-electron chi connectivity index (χ4n) is 2.17. The van der Waals surface area contributed by atoms with Gasteiger partial charge in [0.25, 0.3) is 5.56 Å². The Hall–Kier alpha value is -1.94. The van der Waals surface area contributed by atoms with E-state index in [0.29, 0.717) is 0 Å². The Morgan fingerprint density at radius 3 is 2.35 bits per heavy atom. The number of aryl methyl sites for hydroxylation is 1. The monoisotopic (exact) mass is 271 g/mol. The molecule has 0 aliphatic heterocycles. The number of H-pyrrole nitrogens is 1. The topological polar surface area (TPSA) is 71.8 Å². The first-order chi connectivity index (χ1) is 9.79. The van der Waals surface area contributed by atoms with Crippen molar-refractivity contribution in [3.05, 3.63) is 52.3 Å². The second-order valence-electron chi connectivity index (χ2n) is 4.96. The Morgan fingerprint density at radius 1 is 0.950 bits per heavy atom. The first kappa shape index (κ1) is 14.5. The maximum atomic E-state index is 11.0. The van der Waals surface area contributed by atoms with E-state index < -0.39 is 0 Å². The molecule has 1 aromatic heterocycles. The van der Waals surface area contributed by atoms with Crippen LogP contribution < -0.4 is 11.3 Å². The summed E-state index contributed by atoms with van der Waals surface area (Å²) in [5.74, 6) is 0. The van der Waals surface area contributed by atoms with Crippen LogP contribution in [0.4, 0.5) is 0 Å². The first-order valence-electron chi connectivity index (χ1n) is 7.15. The van der Waals surface area contributed by atoms with E-state index in [1.54, 1.807) is 6.07 Å². The summed E-state index contributed by atoms with van der Waals surface area (Å²) in [7, 11) is 0. The minimum atomic E-state index is -0.178. The number of benzene rings is 1. The van der Waals surface area contributed by atoms with Crippen molar-refractivity contribution in [3.8, 4) is 11.3 Å². The third-order valence-electron chi connectivity index (χ3n) is 3.35. The summed E-state index contributed by atoms with van der Waals surface area (Å²) < 4.78 is 0. The molecule has 106 valence electrons. The Kier molecular flexibility index (Phi) is 5.50. The number of unbranched alkanes of at least 4 members (excludes halogenated alkanes) is 3. The molecule has 20 heavy (non-hydrogen) atoms. The van der Waals surface area contributed by atoms with Gasteiger partial charge in [0, 0.05) is 11.6 Å². The van der Waals surface area contributed by atoms with Gasteiger partial charge in [-0.15, -0.1) is 0 Å². The molecule has 0 radical (unpaired) electrons. The van der Waals surface area contributed by atoms with Crippen molar-refractivity contribution < 1.29 is 0 Å². The molecule has 0 fully saturated rings. The molecule has 0 atom stereocenters. The van der Waals surface area contributed by atoms with Crippen molar-refractivity contribution in [1.82, 2.24) is 10.2 Å². The minimum absolute atomic E-state index is 0.178. The molecular formula is C16H21N3O. The number of aromatic amines is 1. The molecule has 0 spiro atoms. The summed E-state index contributed by atoms with van der Waals surface area (Å²) in [4.78, 5) is 11.0. The van der Waals surface area contributed by atoms with Crippen molar-refractivity contribution in [1.29, 1.82) is 0 Å². The van der Waals surface area contributed by atoms with E-state index in [1.165, 1.54) is 30.9 Å². The zero-order valence-corrected chi connectivity index (χ0v) is 11.6. The van der Waals surface area contributed by atoms with Gasteiger partial charge in [-0.3, -0.25) is 4.79 Å². The van der Waals surface area contributed by atoms with Crippen LogP contribution >= 0.6 is 0 Å². The van der Waals surface area contributed by atoms with Crippen molar-refractivity contribution in [2.75, 3.05) is 6.54 Å². The molecular weight excluding hydrogens is 250 g/mol. The number of rotatable bonds is 7. The van der Waals surface area contributed by atoms with Crippen LogP contribution in [0.2, 0.25) is 0 Å². The molecule has 0 bridgehead atoms. The van der Waals surface area contributed by atoms with Crippen LogP contribution in [0.5, 0.6) is 0 Å². The van der Waals surface area contributed by atoms with E-state index >= 15 is 0 Å². The van der Waals surface area contributed by atoms with Gasteiger partial charge in [-0.2, -0.15) is 5.10 Å². The largest absolute Gasteiger partial charge is 0.330 e. The highest BCUT2D eigenvalue weighted by atomic mass is 16.1. The van der Waals surface area contributed by atoms with Gasteiger partial charge in [-0.1, -0.05) is 37.1 Å². The molecule has 0 unspecified atom stereocenters. The zero-order chi connectivity index (χ0) is 14.2. The Morgan fingerprint density at radius 2 is 1.70 bits per heavy atom. The number of nitrogens with zero attached hydrogens (tertiary/aromatic N) is 1. The highest BCUT2D eigenvalue weighted by Gasteiger charge is 2.00. The highest BCUT2D eigenvalue weighted by molar-refractivity contribution is 5.58. The van der Waals surface area contributed by atoms with E-state index in [0.717, 1.165) is 30.6 Å². The molecule has 1 heterocycles. The van der Waals surface area contributed by atoms with Crippen molar-refractivity contribution in [2.24, 2.45) is 5.73 Å². The maximum Gasteiger partial charge on any atom is 0.264 e. The van der Waals surface area contributed by atoms with Gasteiger partial charge in [0.1, 0.15) is 0 Å². The van der Waals surface area contributed by atoms with Crippen molar-refractivity contribution in [2.45, 2.75) is 32.1 Å². The number of hydrogen-bond acceptors (Lipinski definition) is 3. The molecule has 2 aromatic rings. The van der Waals surface area contributed by atoms with Gasteiger partial charge >= 0.3 is 0 Å². The van der Waals surface area contributed by atoms with Crippen LogP contribution in [-0.2, 0) is 6.42 Å². The molecule has 0 saturated carbocycles. The highest BCUT2D eigenvalue weighted by Crippen LogP contribution is 2.17. The molecule has 0 saturated heterocycles. The summed E-state index contributed by atoms with van der Waals surface area (Å²) in [6, 6.07) is 11.6. The van der Waals surface area contributed by atoms with Gasteiger partial charge in [0.2, 0.25) is 0 Å². The summed E-state index contributed by atoms with van der Waals surface area (Å²) in [6.07, 6.45) is 5.88. The number of hydrogen-bond donors (Lipinski definition) is 2. The molecule has 1 aromatic carbocycles. The summed E-state index contributed by atoms with van der Waals surface area (Å²) >= 11 is 0. The molecule has 2 rings (SSSR count). The average Bonchev–Trinajstić information content (AvgIpc) is 2.49. The van der Waals surface area contributed by atoms with Crippen LogP contribution in [0.15, 0.2) is 41.2 Å². The molecule has 3 N–H and O–H groups in total. The van der Waals surface area contributed by atoms with E-state index in [-0.39, 0.29) is 5.56 Å². The number of aromatic nitrogens is 2. The van der Waals surface area contributed by atoms with Crippen LogP contribution in [0.1, 0.15) is 31.2 Å². The fourth-order valence-corrected chi connectivity index (χ4v) is 2.17. The van der Waals surface area contributed by atoms with Crippen molar-refractivity contribution in [3.63, 3.8) is 0 Å². The Balaban J connectivity index is 1.89. The third-order valence-corrected chi connectivity index (χ3v) is 3.35. The average molecular weight is 271 g/mol. The first-order valence-corrected chi connectivity index (χ1v) is 7.15. The lowest BCUT2D eigenvalue weighted by Crippen LogP contribution is -2.05. The molecule has 0 aliphatic rings. The maximum absolute atomic E-state index is 11.0. The second-order valence-corrected chi connectivity index (χ2v) is 4.96. The van der Waals surface area contributed by atoms with Gasteiger partial charge < -0.3 is 5.73 Å². The predicted molar refractivity (Wildman–Crippen MR) is 81.5 cm³/mol. The quantitative estimate of drug-likeness (QED) is 0.760. The Labute approximate surface area is 119 Å². The molecule has 4 nitrogen and oxygen atoms in total. The Bertz CT molecular complexity index is 555. The lowest BCUT2D eigenvalue weighted by Gasteiger charge is -2.04. The summed E-state index contributed by atoms with van der Waals surface area (Å²) in [5, 5.41) is 6.48. The second kappa shape index (κ2) is 7.60. The molecule has 0 amide bonds. The zero-order valence-electron chi connectivity index (χ0n) is 11.6. The summed E-state index contributed by atoms with van der Waals surface area (Å²) in [5.41, 5.74) is 8.45. The van der Waals surface area contributed by atoms with Crippen LogP contribution in [0.25, 0.3) is 11.3 Å². The number of nitrogens with two attached hydrogens (primary N) is 1. The van der Waals surface area contributed by atoms with Crippen LogP contribution in [0, 0.1) is 0 Å². The normalized spacial score (nSPS) is 10.7. The van der Waals surface area contributed by atoms with Crippen LogP contribution in [0.3, 0.4) is 0 Å². The molecule has 4 heteroatoms. The lowest BCUT2D eigenvalue weighted by atomic mass is 10.0. The van der Waals surface area contributed by atoms with Gasteiger partial charge in [-0.05, 0) is 37.4 Å². The van der Waals surface area contributed by atoms with E-state index in [1.807, 2.05) is 0 Å². The summed E-state index contributed by atoms with van der Waals surface area (Å²) in [6.45, 7) is 0.793. The minimum Gasteiger partial charge on any atom is -0.330 e. The SMILES string of the molecule is NCCCCCCc1ccc(-c2ccc(=O)[nH]n2)cc1.